The van der Waals surface area contributed by atoms with Crippen LogP contribution in [0.5, 0.6) is 0 Å². The van der Waals surface area contributed by atoms with Gasteiger partial charge in [-0.1, -0.05) is 85.5 Å². The van der Waals surface area contributed by atoms with Crippen LogP contribution in [0.2, 0.25) is 0 Å². The number of allylic oxidation sites excluding steroid dienone is 1. The predicted octanol–water partition coefficient (Wildman–Crippen LogP) is 7.12. The highest BCUT2D eigenvalue weighted by atomic mass is 32.1. The van der Waals surface area contributed by atoms with Crippen LogP contribution < -0.4 is 15.5 Å². The topological polar surface area (TPSA) is 26.0 Å². The minimum absolute atomic E-state index is 0.498. The zero-order valence-corrected chi connectivity index (χ0v) is 20.0. The van der Waals surface area contributed by atoms with Crippen molar-refractivity contribution in [2.24, 2.45) is 5.73 Å². The molecule has 1 aromatic heterocycles. The first kappa shape index (κ1) is 20.9. The van der Waals surface area contributed by atoms with Crippen LogP contribution in [0.4, 0.5) is 0 Å². The summed E-state index contributed by atoms with van der Waals surface area (Å²) in [5.41, 5.74) is 9.67. The molecule has 0 saturated heterocycles. The standard InChI is InChI=1S/C32H25NS/c1-3-8-23(19-33)32-20(2)34-31-16-14-22(18-30(31)32)21-13-15-28-26-11-5-4-9-24(26)25-10-6-7-12-27(25)29(28)17-21/h3-18H,2,19,33H2,1H3/b8-3-,32-23-. The number of rotatable bonds is 3. The van der Waals surface area contributed by atoms with E-state index in [9.17, 15) is 0 Å². The number of benzene rings is 5. The third-order valence-electron chi connectivity index (χ3n) is 6.75. The van der Waals surface area contributed by atoms with Crippen LogP contribution in [-0.4, -0.2) is 6.54 Å². The van der Waals surface area contributed by atoms with E-state index in [1.165, 1.54) is 58.7 Å². The Kier molecular flexibility index (Phi) is 5.06. The Morgan fingerprint density at radius 3 is 1.85 bits per heavy atom. The molecule has 1 nitrogen and oxygen atoms in total. The van der Waals surface area contributed by atoms with Gasteiger partial charge in [-0.3, -0.25) is 0 Å². The molecule has 0 fully saturated rings. The Hall–Kier alpha value is -3.72. The molecule has 0 saturated carbocycles. The van der Waals surface area contributed by atoms with Gasteiger partial charge in [-0.25, -0.2) is 0 Å². The van der Waals surface area contributed by atoms with Crippen LogP contribution >= 0.6 is 11.3 Å². The Morgan fingerprint density at radius 2 is 1.26 bits per heavy atom. The van der Waals surface area contributed by atoms with Crippen molar-refractivity contribution < 1.29 is 0 Å². The SMILES string of the molecule is C=c1sc2ccc(-c3ccc4c5ccccc5c5ccccc5c4c3)cc2/c1=C(/C=C\C)CN. The lowest BCUT2D eigenvalue weighted by Crippen LogP contribution is -2.23. The molecule has 6 rings (SSSR count). The number of fused-ring (bicyclic) bond motifs is 7. The molecule has 1 heterocycles. The zero-order chi connectivity index (χ0) is 23.2. The van der Waals surface area contributed by atoms with Crippen molar-refractivity contribution in [2.75, 3.05) is 6.54 Å². The first-order valence-electron chi connectivity index (χ1n) is 11.6. The third-order valence-corrected chi connectivity index (χ3v) is 7.77. The molecular weight excluding hydrogens is 430 g/mol. The molecule has 0 aliphatic heterocycles. The predicted molar refractivity (Wildman–Crippen MR) is 152 cm³/mol. The maximum absolute atomic E-state index is 6.11. The lowest BCUT2D eigenvalue weighted by molar-refractivity contribution is 1.27. The highest BCUT2D eigenvalue weighted by Crippen LogP contribution is 2.37. The number of thiophene rings is 1. The van der Waals surface area contributed by atoms with Crippen molar-refractivity contribution in [3.63, 3.8) is 0 Å². The molecule has 2 heteroatoms. The van der Waals surface area contributed by atoms with Gasteiger partial charge in [0.2, 0.25) is 0 Å². The fourth-order valence-corrected chi connectivity index (χ4v) is 6.24. The monoisotopic (exact) mass is 455 g/mol. The summed E-state index contributed by atoms with van der Waals surface area (Å²) in [6, 6.07) is 31.1. The van der Waals surface area contributed by atoms with Crippen molar-refractivity contribution in [1.82, 2.24) is 0 Å². The Bertz CT molecular complexity index is 1840. The van der Waals surface area contributed by atoms with E-state index in [4.69, 9.17) is 5.73 Å². The lowest BCUT2D eigenvalue weighted by Gasteiger charge is -2.12. The van der Waals surface area contributed by atoms with E-state index in [2.05, 4.69) is 97.6 Å². The van der Waals surface area contributed by atoms with E-state index in [0.717, 1.165) is 10.1 Å². The molecule has 5 aromatic carbocycles. The Balaban J connectivity index is 1.66. The van der Waals surface area contributed by atoms with Crippen LogP contribution in [0.1, 0.15) is 6.92 Å². The Morgan fingerprint density at radius 1 is 0.735 bits per heavy atom. The molecule has 6 aromatic rings. The van der Waals surface area contributed by atoms with E-state index in [0.29, 0.717) is 6.54 Å². The van der Waals surface area contributed by atoms with Gasteiger partial charge in [0.25, 0.3) is 0 Å². The van der Waals surface area contributed by atoms with Crippen molar-refractivity contribution in [3.05, 3.63) is 107 Å². The van der Waals surface area contributed by atoms with Gasteiger partial charge in [0.05, 0.1) is 0 Å². The molecule has 2 N–H and O–H groups in total. The van der Waals surface area contributed by atoms with Gasteiger partial charge >= 0.3 is 0 Å². The van der Waals surface area contributed by atoms with Crippen LogP contribution in [0.3, 0.4) is 0 Å². The number of hydrogen-bond acceptors (Lipinski definition) is 2. The molecule has 0 atom stereocenters. The van der Waals surface area contributed by atoms with Gasteiger partial charge < -0.3 is 5.73 Å². The minimum atomic E-state index is 0.498. The maximum atomic E-state index is 6.11. The summed E-state index contributed by atoms with van der Waals surface area (Å²) in [5, 5.41) is 10.2. The molecule has 0 amide bonds. The quantitative estimate of drug-likeness (QED) is 0.282. The second kappa shape index (κ2) is 8.25. The average molecular weight is 456 g/mol. The Labute approximate surface area is 202 Å². The first-order valence-corrected chi connectivity index (χ1v) is 12.4. The summed E-state index contributed by atoms with van der Waals surface area (Å²) in [6.07, 6.45) is 4.16. The average Bonchev–Trinajstić information content (AvgIpc) is 3.22. The molecule has 164 valence electrons. The molecule has 0 bridgehead atoms. The molecule has 0 spiro atoms. The van der Waals surface area contributed by atoms with E-state index in [1.54, 1.807) is 11.3 Å². The van der Waals surface area contributed by atoms with Gasteiger partial charge in [0, 0.05) is 26.4 Å². The molecule has 0 aliphatic carbocycles. The van der Waals surface area contributed by atoms with Gasteiger partial charge in [0.15, 0.2) is 0 Å². The lowest BCUT2D eigenvalue weighted by atomic mass is 9.92. The van der Waals surface area contributed by atoms with Crippen molar-refractivity contribution in [1.29, 1.82) is 0 Å². The van der Waals surface area contributed by atoms with Crippen LogP contribution in [-0.2, 0) is 0 Å². The summed E-state index contributed by atoms with van der Waals surface area (Å²) in [7, 11) is 0. The molecule has 0 radical (unpaired) electrons. The second-order valence-corrected chi connectivity index (χ2v) is 9.83. The fraction of sp³-hybridized carbons (Fsp3) is 0.0625. The normalized spacial score (nSPS) is 13.0. The minimum Gasteiger partial charge on any atom is -0.326 e. The highest BCUT2D eigenvalue weighted by Gasteiger charge is 2.11. The second-order valence-electron chi connectivity index (χ2n) is 8.69. The van der Waals surface area contributed by atoms with Crippen molar-refractivity contribution >= 4 is 65.9 Å². The summed E-state index contributed by atoms with van der Waals surface area (Å²) in [4.78, 5) is 0. The van der Waals surface area contributed by atoms with E-state index >= 15 is 0 Å². The van der Waals surface area contributed by atoms with Gasteiger partial charge in [-0.2, -0.15) is 0 Å². The number of hydrogen-bond donors (Lipinski definition) is 1. The fourth-order valence-electron chi connectivity index (χ4n) is 5.22. The third kappa shape index (κ3) is 3.19. The molecule has 0 aliphatic rings. The molecule has 0 unspecified atom stereocenters. The van der Waals surface area contributed by atoms with Gasteiger partial charge in [-0.05, 0) is 74.1 Å². The molecule has 34 heavy (non-hydrogen) atoms. The van der Waals surface area contributed by atoms with Crippen molar-refractivity contribution in [3.8, 4) is 11.1 Å². The maximum Gasteiger partial charge on any atom is 0.0355 e. The van der Waals surface area contributed by atoms with Gasteiger partial charge in [-0.15, -0.1) is 11.3 Å². The van der Waals surface area contributed by atoms with E-state index < -0.39 is 0 Å². The zero-order valence-electron chi connectivity index (χ0n) is 19.1. The first-order chi connectivity index (χ1) is 16.7. The summed E-state index contributed by atoms with van der Waals surface area (Å²) in [6.45, 7) is 6.85. The molecular formula is C32H25NS. The largest absolute Gasteiger partial charge is 0.326 e. The number of nitrogens with two attached hydrogens (primary N) is 1. The van der Waals surface area contributed by atoms with Crippen molar-refractivity contribution in [2.45, 2.75) is 6.92 Å². The van der Waals surface area contributed by atoms with Crippen LogP contribution in [0.15, 0.2) is 97.1 Å². The summed E-state index contributed by atoms with van der Waals surface area (Å²) in [5.74, 6) is 0. The smallest absolute Gasteiger partial charge is 0.0355 e. The highest BCUT2D eigenvalue weighted by molar-refractivity contribution is 7.17. The van der Waals surface area contributed by atoms with E-state index in [-0.39, 0.29) is 0 Å². The van der Waals surface area contributed by atoms with Crippen LogP contribution in [0.25, 0.3) is 65.7 Å². The van der Waals surface area contributed by atoms with Gasteiger partial charge in [0.1, 0.15) is 0 Å². The van der Waals surface area contributed by atoms with Crippen LogP contribution in [0, 0.1) is 0 Å². The summed E-state index contributed by atoms with van der Waals surface area (Å²) < 4.78 is 2.32. The van der Waals surface area contributed by atoms with E-state index in [1.807, 2.05) is 13.0 Å². The summed E-state index contributed by atoms with van der Waals surface area (Å²) >= 11 is 1.74.